The van der Waals surface area contributed by atoms with E-state index >= 15 is 0 Å². The van der Waals surface area contributed by atoms with Gasteiger partial charge in [0.05, 0.1) is 29.5 Å². The van der Waals surface area contributed by atoms with Crippen molar-refractivity contribution >= 4 is 33.2 Å². The van der Waals surface area contributed by atoms with Gasteiger partial charge in [-0.25, -0.2) is 8.42 Å². The van der Waals surface area contributed by atoms with Gasteiger partial charge in [-0.15, -0.1) is 0 Å². The van der Waals surface area contributed by atoms with Crippen molar-refractivity contribution in [1.29, 1.82) is 0 Å². The highest BCUT2D eigenvalue weighted by Gasteiger charge is 2.28. The zero-order chi connectivity index (χ0) is 24.0. The van der Waals surface area contributed by atoms with Crippen LogP contribution in [0.2, 0.25) is 5.02 Å². The van der Waals surface area contributed by atoms with E-state index in [0.717, 1.165) is 5.56 Å². The first-order valence-electron chi connectivity index (χ1n) is 10.5. The van der Waals surface area contributed by atoms with E-state index in [4.69, 9.17) is 11.6 Å². The number of amides is 1. The number of carbonyl (C=O) groups is 1. The van der Waals surface area contributed by atoms with E-state index in [-0.39, 0.29) is 28.6 Å². The Morgan fingerprint density at radius 2 is 1.56 bits per heavy atom. The van der Waals surface area contributed by atoms with Gasteiger partial charge in [0.1, 0.15) is 4.90 Å². The van der Waals surface area contributed by atoms with E-state index in [1.807, 2.05) is 42.5 Å². The third kappa shape index (κ3) is 5.44. The zero-order valence-corrected chi connectivity index (χ0v) is 19.7. The molecule has 0 radical (unpaired) electrons. The highest BCUT2D eigenvalue weighted by molar-refractivity contribution is 7.93. The number of para-hydroxylation sites is 1. The number of hydrogen-bond donors (Lipinski definition) is 1. The topological polar surface area (TPSA) is 79.4 Å². The van der Waals surface area contributed by atoms with Crippen molar-refractivity contribution in [2.75, 3.05) is 4.31 Å². The van der Waals surface area contributed by atoms with Crippen molar-refractivity contribution in [2.24, 2.45) is 0 Å². The number of aromatic nitrogens is 1. The largest absolute Gasteiger partial charge is 0.346 e. The molecule has 4 rings (SSSR count). The van der Waals surface area contributed by atoms with Crippen molar-refractivity contribution in [3.8, 4) is 0 Å². The Bertz CT molecular complexity index is 1370. The molecule has 0 saturated carbocycles. The summed E-state index contributed by atoms with van der Waals surface area (Å²) in [4.78, 5) is 16.8. The van der Waals surface area contributed by atoms with E-state index in [0.29, 0.717) is 11.4 Å². The van der Waals surface area contributed by atoms with E-state index < -0.39 is 15.9 Å². The van der Waals surface area contributed by atoms with Crippen LogP contribution in [0, 0.1) is 0 Å². The minimum atomic E-state index is -4.10. The van der Waals surface area contributed by atoms with Gasteiger partial charge in [-0.1, -0.05) is 66.2 Å². The molecule has 172 valence electrons. The summed E-state index contributed by atoms with van der Waals surface area (Å²) in [7, 11) is -4.10. The highest BCUT2D eigenvalue weighted by atomic mass is 35.5. The minimum Gasteiger partial charge on any atom is -0.346 e. The summed E-state index contributed by atoms with van der Waals surface area (Å²) in [5.74, 6) is -0.423. The Labute approximate surface area is 203 Å². The summed E-state index contributed by atoms with van der Waals surface area (Å²) in [6, 6.07) is 27.7. The molecule has 0 bridgehead atoms. The normalized spacial score (nSPS) is 11.1. The number of pyridine rings is 1. The molecular formula is C26H22ClN3O3S. The molecule has 1 aromatic heterocycles. The fourth-order valence-corrected chi connectivity index (χ4v) is 5.35. The molecule has 1 heterocycles. The molecule has 1 amide bonds. The van der Waals surface area contributed by atoms with Gasteiger partial charge in [0.15, 0.2) is 0 Å². The molecule has 0 spiro atoms. The molecular weight excluding hydrogens is 470 g/mol. The maximum Gasteiger partial charge on any atom is 0.266 e. The van der Waals surface area contributed by atoms with E-state index in [2.05, 4.69) is 10.3 Å². The van der Waals surface area contributed by atoms with Crippen LogP contribution in [0.4, 0.5) is 5.69 Å². The van der Waals surface area contributed by atoms with Crippen molar-refractivity contribution in [1.82, 2.24) is 10.3 Å². The maximum absolute atomic E-state index is 13.8. The van der Waals surface area contributed by atoms with Crippen molar-refractivity contribution in [3.63, 3.8) is 0 Å². The fraction of sp³-hybridized carbons (Fsp3) is 0.0769. The fourth-order valence-electron chi connectivity index (χ4n) is 3.40. The molecule has 6 nitrogen and oxygen atoms in total. The molecule has 0 saturated heterocycles. The summed E-state index contributed by atoms with van der Waals surface area (Å²) < 4.78 is 28.9. The van der Waals surface area contributed by atoms with Crippen LogP contribution in [0.3, 0.4) is 0 Å². The number of benzene rings is 3. The van der Waals surface area contributed by atoms with Crippen LogP contribution in [0.25, 0.3) is 0 Å². The second kappa shape index (κ2) is 10.5. The number of hydrogen-bond acceptors (Lipinski definition) is 4. The molecule has 3 aromatic carbocycles. The monoisotopic (exact) mass is 491 g/mol. The van der Waals surface area contributed by atoms with E-state index in [1.54, 1.807) is 42.6 Å². The molecule has 8 heteroatoms. The van der Waals surface area contributed by atoms with Gasteiger partial charge in [0.2, 0.25) is 0 Å². The lowest BCUT2D eigenvalue weighted by Gasteiger charge is -2.25. The second-order valence-electron chi connectivity index (χ2n) is 7.48. The van der Waals surface area contributed by atoms with Gasteiger partial charge in [-0.3, -0.25) is 14.1 Å². The first-order valence-corrected chi connectivity index (χ1v) is 12.4. The Morgan fingerprint density at radius 1 is 0.882 bits per heavy atom. The molecule has 1 N–H and O–H groups in total. The van der Waals surface area contributed by atoms with Crippen molar-refractivity contribution in [2.45, 2.75) is 18.0 Å². The highest BCUT2D eigenvalue weighted by Crippen LogP contribution is 2.30. The molecule has 0 unspecified atom stereocenters. The number of halogens is 1. The summed E-state index contributed by atoms with van der Waals surface area (Å²) in [5, 5.41) is 2.80. The molecule has 34 heavy (non-hydrogen) atoms. The first-order chi connectivity index (χ1) is 16.4. The Hall–Kier alpha value is -3.68. The molecule has 4 aromatic rings. The minimum absolute atomic E-state index is 0.0373. The number of carbonyl (C=O) groups excluding carboxylic acids is 1. The molecule has 0 atom stereocenters. The van der Waals surface area contributed by atoms with Gasteiger partial charge < -0.3 is 5.32 Å². The molecule has 0 aliphatic carbocycles. The second-order valence-corrected chi connectivity index (χ2v) is 9.72. The van der Waals surface area contributed by atoms with Gasteiger partial charge >= 0.3 is 0 Å². The van der Waals surface area contributed by atoms with E-state index in [9.17, 15) is 13.2 Å². The molecule has 0 aliphatic rings. The Kier molecular flexibility index (Phi) is 7.25. The summed E-state index contributed by atoms with van der Waals surface area (Å²) >= 11 is 6.35. The maximum atomic E-state index is 13.8. The Morgan fingerprint density at radius 3 is 2.24 bits per heavy atom. The summed E-state index contributed by atoms with van der Waals surface area (Å²) in [6.07, 6.45) is 1.64. The zero-order valence-electron chi connectivity index (χ0n) is 18.1. The average molecular weight is 492 g/mol. The van der Waals surface area contributed by atoms with Crippen LogP contribution in [0.5, 0.6) is 0 Å². The van der Waals surface area contributed by atoms with Crippen molar-refractivity contribution < 1.29 is 13.2 Å². The van der Waals surface area contributed by atoms with E-state index in [1.165, 1.54) is 22.5 Å². The van der Waals surface area contributed by atoms with Gasteiger partial charge in [-0.05, 0) is 48.0 Å². The Balaban J connectivity index is 1.67. The van der Waals surface area contributed by atoms with Crippen LogP contribution in [-0.4, -0.2) is 19.3 Å². The van der Waals surface area contributed by atoms with Crippen LogP contribution in [0.1, 0.15) is 21.6 Å². The third-order valence-electron chi connectivity index (χ3n) is 5.13. The SMILES string of the molecule is O=C(NCc1ccccn1)c1ccc(Cl)c(S(=O)(=O)N(Cc2ccccc2)c2ccccc2)c1. The average Bonchev–Trinajstić information content (AvgIpc) is 2.87. The van der Waals surface area contributed by atoms with Crippen LogP contribution < -0.4 is 9.62 Å². The van der Waals surface area contributed by atoms with Crippen LogP contribution in [0.15, 0.2) is 108 Å². The van der Waals surface area contributed by atoms with Gasteiger partial charge in [-0.2, -0.15) is 0 Å². The van der Waals surface area contributed by atoms with Crippen molar-refractivity contribution in [3.05, 3.63) is 125 Å². The molecule has 0 aliphatic heterocycles. The number of nitrogens with one attached hydrogen (secondary N) is 1. The molecule has 0 fully saturated rings. The summed E-state index contributed by atoms with van der Waals surface area (Å²) in [6.45, 7) is 0.328. The third-order valence-corrected chi connectivity index (χ3v) is 7.39. The number of anilines is 1. The predicted molar refractivity (Wildman–Crippen MR) is 133 cm³/mol. The quantitative estimate of drug-likeness (QED) is 0.373. The number of rotatable bonds is 8. The standard InChI is InChI=1S/C26H22ClN3O3S/c27-24-15-14-21(26(31)29-18-22-11-7-8-16-28-22)17-25(24)34(32,33)30(23-12-5-2-6-13-23)19-20-9-3-1-4-10-20/h1-17H,18-19H2,(H,29,31). The first kappa shape index (κ1) is 23.5. The van der Waals surface area contributed by atoms with Crippen LogP contribution in [-0.2, 0) is 23.1 Å². The smallest absolute Gasteiger partial charge is 0.266 e. The number of sulfonamides is 1. The van der Waals surface area contributed by atoms with Crippen LogP contribution >= 0.6 is 11.6 Å². The number of nitrogens with zero attached hydrogens (tertiary/aromatic N) is 2. The van der Waals surface area contributed by atoms with Gasteiger partial charge in [0.25, 0.3) is 15.9 Å². The predicted octanol–water partition coefficient (Wildman–Crippen LogP) is 5.06. The lowest BCUT2D eigenvalue weighted by Crippen LogP contribution is -2.31. The lowest BCUT2D eigenvalue weighted by molar-refractivity contribution is 0.0950. The van der Waals surface area contributed by atoms with Gasteiger partial charge in [0, 0.05) is 11.8 Å². The summed E-state index contributed by atoms with van der Waals surface area (Å²) in [5.41, 5.74) is 2.19. The lowest BCUT2D eigenvalue weighted by atomic mass is 10.2.